The third kappa shape index (κ3) is 4.87. The maximum atomic E-state index is 4.20. The number of nitrogens with zero attached hydrogens (tertiary/aromatic N) is 4. The van der Waals surface area contributed by atoms with Crippen molar-refractivity contribution in [1.29, 1.82) is 0 Å². The summed E-state index contributed by atoms with van der Waals surface area (Å²) in [6.45, 7) is 10.8. The summed E-state index contributed by atoms with van der Waals surface area (Å²) in [7, 11) is 0. The molecule has 0 aliphatic carbocycles. The Hall–Kier alpha value is -0.940. The molecule has 0 atom stereocenters. The van der Waals surface area contributed by atoms with Gasteiger partial charge >= 0.3 is 0 Å². The first-order chi connectivity index (χ1) is 9.81. The minimum Gasteiger partial charge on any atom is -0.311 e. The van der Waals surface area contributed by atoms with E-state index in [1.165, 1.54) is 38.8 Å². The first-order valence-electron chi connectivity index (χ1n) is 8.14. The molecule has 5 heteroatoms. The molecule has 0 amide bonds. The Bertz CT molecular complexity index is 368. The topological polar surface area (TPSA) is 46.0 Å². The van der Waals surface area contributed by atoms with Crippen molar-refractivity contribution in [3.05, 3.63) is 11.9 Å². The fourth-order valence-corrected chi connectivity index (χ4v) is 2.93. The molecule has 2 heterocycles. The summed E-state index contributed by atoms with van der Waals surface area (Å²) in [5.41, 5.74) is 1.04. The van der Waals surface area contributed by atoms with Crippen LogP contribution in [0.2, 0.25) is 0 Å². The van der Waals surface area contributed by atoms with Gasteiger partial charge in [0.05, 0.1) is 12.2 Å². The molecule has 20 heavy (non-hydrogen) atoms. The van der Waals surface area contributed by atoms with Gasteiger partial charge in [0.2, 0.25) is 0 Å². The fraction of sp³-hybridized carbons (Fsp3) is 0.867. The van der Waals surface area contributed by atoms with Crippen molar-refractivity contribution in [2.75, 3.05) is 26.2 Å². The Morgan fingerprint density at radius 2 is 2.05 bits per heavy atom. The summed E-state index contributed by atoms with van der Waals surface area (Å²) in [5.74, 6) is 0.967. The van der Waals surface area contributed by atoms with Gasteiger partial charge in [-0.3, -0.25) is 4.68 Å². The highest BCUT2D eigenvalue weighted by Crippen LogP contribution is 2.21. The van der Waals surface area contributed by atoms with Gasteiger partial charge in [-0.1, -0.05) is 31.9 Å². The van der Waals surface area contributed by atoms with Gasteiger partial charge in [0.1, 0.15) is 0 Å². The Kier molecular flexibility index (Phi) is 6.47. The standard InChI is InChI=1S/C15H29N5/c1-3-5-14-6-8-19(9-7-14)10-11-20-13-15(17-18-20)12-16-4-2/h13-14,16H,3-12H2,1-2H3. The highest BCUT2D eigenvalue weighted by atomic mass is 15.4. The summed E-state index contributed by atoms with van der Waals surface area (Å²) < 4.78 is 1.98. The van der Waals surface area contributed by atoms with Crippen molar-refractivity contribution in [2.24, 2.45) is 5.92 Å². The van der Waals surface area contributed by atoms with Gasteiger partial charge in [-0.2, -0.15) is 0 Å². The van der Waals surface area contributed by atoms with Crippen LogP contribution in [0.4, 0.5) is 0 Å². The number of hydrogen-bond acceptors (Lipinski definition) is 4. The molecule has 1 N–H and O–H groups in total. The molecule has 0 unspecified atom stereocenters. The van der Waals surface area contributed by atoms with E-state index in [4.69, 9.17) is 0 Å². The second kappa shape index (κ2) is 8.37. The van der Waals surface area contributed by atoms with Gasteiger partial charge in [0.25, 0.3) is 0 Å². The molecule has 1 aliphatic heterocycles. The summed E-state index contributed by atoms with van der Waals surface area (Å²) in [4.78, 5) is 2.57. The SMILES string of the molecule is CCCC1CCN(CCn2cc(CNCC)nn2)CC1. The molecule has 0 bridgehead atoms. The lowest BCUT2D eigenvalue weighted by molar-refractivity contribution is 0.171. The van der Waals surface area contributed by atoms with Gasteiger partial charge in [-0.15, -0.1) is 5.10 Å². The normalized spacial score (nSPS) is 17.7. The smallest absolute Gasteiger partial charge is 0.0964 e. The van der Waals surface area contributed by atoms with Crippen LogP contribution >= 0.6 is 0 Å². The van der Waals surface area contributed by atoms with Crippen LogP contribution in [0.25, 0.3) is 0 Å². The molecule has 0 spiro atoms. The second-order valence-corrected chi connectivity index (χ2v) is 5.83. The minimum absolute atomic E-state index is 0.818. The van der Waals surface area contributed by atoms with E-state index in [2.05, 4.69) is 40.6 Å². The van der Waals surface area contributed by atoms with Crippen LogP contribution in [0.3, 0.4) is 0 Å². The number of nitrogens with one attached hydrogen (secondary N) is 1. The number of piperidine rings is 1. The minimum atomic E-state index is 0.818. The average Bonchev–Trinajstić information content (AvgIpc) is 2.93. The van der Waals surface area contributed by atoms with Crippen LogP contribution in [0.15, 0.2) is 6.20 Å². The summed E-state index contributed by atoms with van der Waals surface area (Å²) in [6, 6.07) is 0. The molecule has 1 aromatic heterocycles. The van der Waals surface area contributed by atoms with Crippen molar-refractivity contribution in [3.8, 4) is 0 Å². The molecular weight excluding hydrogens is 250 g/mol. The van der Waals surface area contributed by atoms with Crippen molar-refractivity contribution in [1.82, 2.24) is 25.2 Å². The zero-order valence-electron chi connectivity index (χ0n) is 13.0. The Morgan fingerprint density at radius 1 is 1.25 bits per heavy atom. The average molecular weight is 279 g/mol. The third-order valence-corrected chi connectivity index (χ3v) is 4.19. The predicted octanol–water partition coefficient (Wildman–Crippen LogP) is 1.90. The molecular formula is C15H29N5. The van der Waals surface area contributed by atoms with Gasteiger partial charge in [0.15, 0.2) is 0 Å². The van der Waals surface area contributed by atoms with Crippen LogP contribution in [-0.4, -0.2) is 46.1 Å². The zero-order valence-corrected chi connectivity index (χ0v) is 13.0. The highest BCUT2D eigenvalue weighted by molar-refractivity contribution is 4.91. The van der Waals surface area contributed by atoms with Gasteiger partial charge in [-0.25, -0.2) is 0 Å². The molecule has 0 aromatic carbocycles. The first-order valence-corrected chi connectivity index (χ1v) is 8.14. The van der Waals surface area contributed by atoms with E-state index in [9.17, 15) is 0 Å². The van der Waals surface area contributed by atoms with E-state index in [0.29, 0.717) is 0 Å². The second-order valence-electron chi connectivity index (χ2n) is 5.83. The van der Waals surface area contributed by atoms with Crippen LogP contribution in [0, 0.1) is 5.92 Å². The fourth-order valence-electron chi connectivity index (χ4n) is 2.93. The van der Waals surface area contributed by atoms with E-state index in [0.717, 1.165) is 37.8 Å². The van der Waals surface area contributed by atoms with E-state index in [1.54, 1.807) is 0 Å². The zero-order chi connectivity index (χ0) is 14.2. The van der Waals surface area contributed by atoms with Crippen LogP contribution in [0.1, 0.15) is 45.2 Å². The van der Waals surface area contributed by atoms with Crippen LogP contribution in [-0.2, 0) is 13.1 Å². The van der Waals surface area contributed by atoms with Gasteiger partial charge in [-0.05, 0) is 38.4 Å². The molecule has 1 aliphatic rings. The lowest BCUT2D eigenvalue weighted by Crippen LogP contribution is -2.35. The Balaban J connectivity index is 1.66. The summed E-state index contributed by atoms with van der Waals surface area (Å²) >= 11 is 0. The third-order valence-electron chi connectivity index (χ3n) is 4.19. The lowest BCUT2D eigenvalue weighted by atomic mass is 9.92. The van der Waals surface area contributed by atoms with Crippen molar-refractivity contribution >= 4 is 0 Å². The van der Waals surface area contributed by atoms with E-state index in [-0.39, 0.29) is 0 Å². The van der Waals surface area contributed by atoms with Gasteiger partial charge in [0, 0.05) is 19.3 Å². The molecule has 114 valence electrons. The molecule has 0 saturated carbocycles. The van der Waals surface area contributed by atoms with E-state index < -0.39 is 0 Å². The molecule has 1 aromatic rings. The van der Waals surface area contributed by atoms with Crippen molar-refractivity contribution in [3.63, 3.8) is 0 Å². The summed E-state index contributed by atoms with van der Waals surface area (Å²) in [6.07, 6.45) is 7.54. The monoisotopic (exact) mass is 279 g/mol. The number of hydrogen-bond donors (Lipinski definition) is 1. The molecule has 1 fully saturated rings. The molecule has 0 radical (unpaired) electrons. The van der Waals surface area contributed by atoms with E-state index >= 15 is 0 Å². The first kappa shape index (κ1) is 15.4. The summed E-state index contributed by atoms with van der Waals surface area (Å²) in [5, 5.41) is 11.7. The Morgan fingerprint density at radius 3 is 2.75 bits per heavy atom. The molecule has 1 saturated heterocycles. The van der Waals surface area contributed by atoms with Crippen molar-refractivity contribution in [2.45, 2.75) is 52.6 Å². The maximum Gasteiger partial charge on any atom is 0.0964 e. The molecule has 5 nitrogen and oxygen atoms in total. The largest absolute Gasteiger partial charge is 0.311 e. The Labute approximate surface area is 122 Å². The highest BCUT2D eigenvalue weighted by Gasteiger charge is 2.18. The number of likely N-dealkylation sites (tertiary alicyclic amines) is 1. The quantitative estimate of drug-likeness (QED) is 0.789. The predicted molar refractivity (Wildman–Crippen MR) is 81.5 cm³/mol. The lowest BCUT2D eigenvalue weighted by Gasteiger charge is -2.31. The maximum absolute atomic E-state index is 4.20. The van der Waals surface area contributed by atoms with Crippen LogP contribution < -0.4 is 5.32 Å². The number of aromatic nitrogens is 3. The number of rotatable bonds is 8. The van der Waals surface area contributed by atoms with E-state index in [1.807, 2.05) is 4.68 Å². The van der Waals surface area contributed by atoms with Crippen LogP contribution in [0.5, 0.6) is 0 Å². The van der Waals surface area contributed by atoms with Gasteiger partial charge < -0.3 is 10.2 Å². The molecule has 2 rings (SSSR count). The van der Waals surface area contributed by atoms with Crippen molar-refractivity contribution < 1.29 is 0 Å².